The van der Waals surface area contributed by atoms with Crippen molar-refractivity contribution in [3.05, 3.63) is 105 Å². The predicted octanol–water partition coefficient (Wildman–Crippen LogP) is 11.0. The van der Waals surface area contributed by atoms with Crippen LogP contribution in [0.15, 0.2) is 89.1 Å². The van der Waals surface area contributed by atoms with Gasteiger partial charge in [0.05, 0.1) is 22.2 Å². The van der Waals surface area contributed by atoms with Crippen LogP contribution in [0.25, 0.3) is 0 Å². The molecule has 1 N–H and O–H groups in total. The van der Waals surface area contributed by atoms with E-state index in [4.69, 9.17) is 27.9 Å². The van der Waals surface area contributed by atoms with Gasteiger partial charge < -0.3 is 10.1 Å². The van der Waals surface area contributed by atoms with Crippen molar-refractivity contribution in [2.24, 2.45) is 0 Å². The monoisotopic (exact) mass is 567 g/mol. The molecule has 0 aliphatic rings. The summed E-state index contributed by atoms with van der Waals surface area (Å²) in [7, 11) is 0. The quantitative estimate of drug-likeness (QED) is 0.172. The Hall–Kier alpha value is -2.75. The van der Waals surface area contributed by atoms with Crippen molar-refractivity contribution in [2.75, 3.05) is 11.9 Å². The van der Waals surface area contributed by atoms with Crippen LogP contribution in [-0.2, 0) is 16.0 Å². The van der Waals surface area contributed by atoms with E-state index in [1.54, 1.807) is 18.2 Å². The van der Waals surface area contributed by atoms with Gasteiger partial charge in [-0.3, -0.25) is 4.79 Å². The zero-order valence-corrected chi connectivity index (χ0v) is 25.6. The van der Waals surface area contributed by atoms with E-state index < -0.39 is 0 Å². The van der Waals surface area contributed by atoms with Gasteiger partial charge in [-0.1, -0.05) is 88.0 Å². The molecule has 2 aromatic rings. The Labute approximate surface area is 245 Å². The fourth-order valence-electron chi connectivity index (χ4n) is 4.02. The third kappa shape index (κ3) is 13.2. The number of esters is 1. The Morgan fingerprint density at radius 3 is 1.87 bits per heavy atom. The van der Waals surface area contributed by atoms with Gasteiger partial charge in [-0.25, -0.2) is 0 Å². The van der Waals surface area contributed by atoms with Crippen molar-refractivity contribution in [1.29, 1.82) is 0 Å². The van der Waals surface area contributed by atoms with E-state index in [9.17, 15) is 4.79 Å². The molecular formula is C34H43Cl2NO2. The minimum absolute atomic E-state index is 0.156. The van der Waals surface area contributed by atoms with Gasteiger partial charge in [-0.15, -0.1) is 0 Å². The van der Waals surface area contributed by atoms with Crippen LogP contribution in [0, 0.1) is 0 Å². The van der Waals surface area contributed by atoms with Gasteiger partial charge in [-0.2, -0.15) is 0 Å². The predicted molar refractivity (Wildman–Crippen MR) is 169 cm³/mol. The minimum atomic E-state index is -0.279. The van der Waals surface area contributed by atoms with Gasteiger partial charge in [-0.05, 0) is 103 Å². The average molecular weight is 569 g/mol. The molecule has 0 unspecified atom stereocenters. The van der Waals surface area contributed by atoms with Crippen molar-refractivity contribution in [3.63, 3.8) is 0 Å². The zero-order chi connectivity index (χ0) is 28.6. The van der Waals surface area contributed by atoms with Crippen LogP contribution < -0.4 is 5.32 Å². The van der Waals surface area contributed by atoms with Crippen molar-refractivity contribution in [1.82, 2.24) is 0 Å². The molecule has 2 rings (SSSR count). The fraction of sp³-hybridized carbons (Fsp3) is 0.382. The average Bonchev–Trinajstić information content (AvgIpc) is 2.87. The van der Waals surface area contributed by atoms with Gasteiger partial charge in [0.2, 0.25) is 0 Å². The first-order chi connectivity index (χ1) is 18.7. The van der Waals surface area contributed by atoms with Gasteiger partial charge in [0.25, 0.3) is 0 Å². The Morgan fingerprint density at radius 1 is 0.744 bits per heavy atom. The summed E-state index contributed by atoms with van der Waals surface area (Å²) in [5, 5.41) is 4.29. The summed E-state index contributed by atoms with van der Waals surface area (Å²) in [6.45, 7) is 11.1. The van der Waals surface area contributed by atoms with Crippen LogP contribution in [0.4, 0.5) is 11.4 Å². The maximum Gasteiger partial charge on any atom is 0.310 e. The first-order valence-electron chi connectivity index (χ1n) is 13.7. The lowest BCUT2D eigenvalue weighted by Crippen LogP contribution is -2.10. The molecule has 0 aromatic heterocycles. The lowest BCUT2D eigenvalue weighted by molar-refractivity contribution is -0.141. The van der Waals surface area contributed by atoms with Crippen LogP contribution >= 0.6 is 23.2 Å². The molecule has 0 atom stereocenters. The highest BCUT2D eigenvalue weighted by molar-refractivity contribution is 6.39. The van der Waals surface area contributed by atoms with Gasteiger partial charge in [0.1, 0.15) is 6.61 Å². The molecule has 5 heteroatoms. The van der Waals surface area contributed by atoms with E-state index in [-0.39, 0.29) is 19.0 Å². The number of nitrogens with one attached hydrogen (secondary N) is 1. The number of benzene rings is 2. The van der Waals surface area contributed by atoms with Crippen molar-refractivity contribution >= 4 is 40.5 Å². The number of para-hydroxylation sites is 2. The van der Waals surface area contributed by atoms with E-state index in [1.807, 2.05) is 30.3 Å². The van der Waals surface area contributed by atoms with Crippen molar-refractivity contribution in [2.45, 2.75) is 79.6 Å². The molecule has 2 aromatic carbocycles. The summed E-state index contributed by atoms with van der Waals surface area (Å²) in [4.78, 5) is 12.5. The SMILES string of the molecule is CC(C)=CCCC(C)=CCCC(C)=CCCC(C)=CCOC(=O)Cc1ccccc1Nc1c(Cl)cccc1Cl. The Balaban J connectivity index is 1.75. The van der Waals surface area contributed by atoms with E-state index in [0.29, 0.717) is 15.7 Å². The summed E-state index contributed by atoms with van der Waals surface area (Å²) in [5.74, 6) is -0.279. The van der Waals surface area contributed by atoms with Gasteiger partial charge in [0.15, 0.2) is 0 Å². The molecule has 0 aliphatic heterocycles. The summed E-state index contributed by atoms with van der Waals surface area (Å²) in [6, 6.07) is 12.9. The topological polar surface area (TPSA) is 38.3 Å². The maximum absolute atomic E-state index is 12.5. The second-order valence-corrected chi connectivity index (χ2v) is 11.1. The lowest BCUT2D eigenvalue weighted by Gasteiger charge is -2.14. The highest BCUT2D eigenvalue weighted by Gasteiger charge is 2.12. The van der Waals surface area contributed by atoms with E-state index >= 15 is 0 Å². The van der Waals surface area contributed by atoms with E-state index in [1.165, 1.54) is 22.3 Å². The molecule has 3 nitrogen and oxygen atoms in total. The molecule has 0 radical (unpaired) electrons. The van der Waals surface area contributed by atoms with E-state index in [2.05, 4.69) is 58.2 Å². The highest BCUT2D eigenvalue weighted by atomic mass is 35.5. The fourth-order valence-corrected chi connectivity index (χ4v) is 4.51. The number of ether oxygens (including phenoxy) is 1. The molecule has 0 saturated carbocycles. The third-order valence-corrected chi connectivity index (χ3v) is 7.03. The number of carbonyl (C=O) groups excluding carboxylic acids is 1. The Bertz CT molecular complexity index is 1180. The second-order valence-electron chi connectivity index (χ2n) is 10.3. The number of halogens is 2. The van der Waals surface area contributed by atoms with Crippen LogP contribution in [0.2, 0.25) is 10.0 Å². The molecular weight excluding hydrogens is 525 g/mol. The summed E-state index contributed by atoms with van der Waals surface area (Å²) >= 11 is 12.6. The number of rotatable bonds is 15. The summed E-state index contributed by atoms with van der Waals surface area (Å²) in [5.41, 5.74) is 7.71. The smallest absolute Gasteiger partial charge is 0.310 e. The van der Waals surface area contributed by atoms with Crippen molar-refractivity contribution in [3.8, 4) is 0 Å². The number of allylic oxidation sites excluding steroid dienone is 7. The molecule has 0 amide bonds. The molecule has 210 valence electrons. The highest BCUT2D eigenvalue weighted by Crippen LogP contribution is 2.33. The molecule has 0 aliphatic carbocycles. The van der Waals surface area contributed by atoms with Crippen molar-refractivity contribution < 1.29 is 9.53 Å². The first kappa shape index (κ1) is 32.5. The molecule has 0 spiro atoms. The third-order valence-electron chi connectivity index (χ3n) is 6.40. The van der Waals surface area contributed by atoms with E-state index in [0.717, 1.165) is 49.8 Å². The second kappa shape index (κ2) is 17.8. The number of hydrogen-bond acceptors (Lipinski definition) is 3. The van der Waals surface area contributed by atoms with Crippen LogP contribution in [-0.4, -0.2) is 12.6 Å². The Kier molecular flexibility index (Phi) is 14.8. The minimum Gasteiger partial charge on any atom is -0.461 e. The standard InChI is InChI=1S/C34H43Cl2NO2/c1-25(2)12-8-13-26(3)14-9-15-27(4)16-10-17-28(5)22-23-39-33(38)24-29-18-6-7-21-32(29)37-34-30(35)19-11-20-31(34)36/h6-7,11-12,14,16,18-22,37H,8-10,13,15,17,23-24H2,1-5H3. The lowest BCUT2D eigenvalue weighted by atomic mass is 10.0. The van der Waals surface area contributed by atoms with Crippen LogP contribution in [0.1, 0.15) is 78.7 Å². The number of carbonyl (C=O) groups is 1. The zero-order valence-electron chi connectivity index (χ0n) is 24.1. The molecule has 0 heterocycles. The number of anilines is 2. The van der Waals surface area contributed by atoms with Gasteiger partial charge in [0, 0.05) is 5.69 Å². The summed E-state index contributed by atoms with van der Waals surface area (Å²) < 4.78 is 5.49. The molecule has 39 heavy (non-hydrogen) atoms. The normalized spacial score (nSPS) is 12.3. The molecule has 0 bridgehead atoms. The molecule has 0 saturated heterocycles. The van der Waals surface area contributed by atoms with Crippen LogP contribution in [0.3, 0.4) is 0 Å². The molecule has 0 fully saturated rings. The van der Waals surface area contributed by atoms with Gasteiger partial charge >= 0.3 is 5.97 Å². The largest absolute Gasteiger partial charge is 0.461 e. The summed E-state index contributed by atoms with van der Waals surface area (Å²) in [6.07, 6.45) is 15.6. The number of hydrogen-bond donors (Lipinski definition) is 1. The first-order valence-corrected chi connectivity index (χ1v) is 14.5. The van der Waals surface area contributed by atoms with Crippen LogP contribution in [0.5, 0.6) is 0 Å². The Morgan fingerprint density at radius 2 is 1.28 bits per heavy atom. The maximum atomic E-state index is 12.5.